The van der Waals surface area contributed by atoms with Crippen LogP contribution >= 0.6 is 11.6 Å². The molecule has 2 saturated heterocycles. The lowest BCUT2D eigenvalue weighted by atomic mass is 9.96. The molecular formula is C51H53ClFN11O9. The highest BCUT2D eigenvalue weighted by Gasteiger charge is 2.40. The van der Waals surface area contributed by atoms with Crippen LogP contribution in [0.25, 0.3) is 32.8 Å². The summed E-state index contributed by atoms with van der Waals surface area (Å²) in [6, 6.07) is 16.4. The van der Waals surface area contributed by atoms with Crippen LogP contribution in [0.3, 0.4) is 0 Å². The first-order chi connectivity index (χ1) is 35.4. The predicted octanol–water partition coefficient (Wildman–Crippen LogP) is 5.22. The Morgan fingerprint density at radius 2 is 1.71 bits per heavy atom. The minimum absolute atomic E-state index is 0.0293. The Kier molecular flexibility index (Phi) is 15.8. The number of hydrogen-bond donors (Lipinski definition) is 4. The molecule has 4 N–H and O–H groups in total. The number of phenols is 1. The minimum atomic E-state index is -0.748. The molecule has 9 rings (SSSR count). The van der Waals surface area contributed by atoms with Gasteiger partial charge in [0.15, 0.2) is 5.82 Å². The molecule has 1 unspecified atom stereocenters. The number of benzene rings is 4. The van der Waals surface area contributed by atoms with Crippen molar-refractivity contribution in [1.82, 2.24) is 40.1 Å². The Balaban J connectivity index is 0.706. The molecule has 3 aliphatic heterocycles. The van der Waals surface area contributed by atoms with Crippen LogP contribution in [0, 0.1) is 5.82 Å². The van der Waals surface area contributed by atoms with Crippen LogP contribution in [0.5, 0.6) is 5.75 Å². The van der Waals surface area contributed by atoms with Crippen molar-refractivity contribution in [2.45, 2.75) is 51.4 Å². The van der Waals surface area contributed by atoms with E-state index in [0.717, 1.165) is 11.1 Å². The molecule has 0 bridgehead atoms. The number of phenolic OH excluding ortho intramolecular Hbond substituents is 1. The van der Waals surface area contributed by atoms with Crippen LogP contribution in [0.15, 0.2) is 79.5 Å². The van der Waals surface area contributed by atoms with Gasteiger partial charge in [-0.1, -0.05) is 53.7 Å². The Labute approximate surface area is 423 Å². The number of ether oxygens (including phenoxy) is 3. The smallest absolute Gasteiger partial charge is 0.255 e. The Bertz CT molecular complexity index is 3090. The lowest BCUT2D eigenvalue weighted by Crippen LogP contribution is -2.52. The number of carbonyl (C=O) groups is 5. The number of anilines is 3. The highest BCUT2D eigenvalue weighted by molar-refractivity contribution is 6.35. The molecule has 1 atom stereocenters. The second kappa shape index (κ2) is 22.9. The van der Waals surface area contributed by atoms with Crippen molar-refractivity contribution in [3.8, 4) is 16.9 Å². The van der Waals surface area contributed by atoms with Crippen LogP contribution in [-0.2, 0) is 53.1 Å². The van der Waals surface area contributed by atoms with E-state index in [1.165, 1.54) is 17.0 Å². The molecule has 0 aliphatic carbocycles. The van der Waals surface area contributed by atoms with E-state index in [1.54, 1.807) is 46.1 Å². The Morgan fingerprint density at radius 3 is 2.51 bits per heavy atom. The maximum atomic E-state index is 17.0. The zero-order chi connectivity index (χ0) is 51.0. The fourth-order valence-corrected chi connectivity index (χ4v) is 9.47. The molecule has 0 radical (unpaired) electrons. The third kappa shape index (κ3) is 11.5. The normalized spacial score (nSPS) is 15.8. The van der Waals surface area contributed by atoms with Crippen molar-refractivity contribution in [3.05, 3.63) is 107 Å². The fraction of sp³-hybridized carbons (Fsp3) is 0.353. The van der Waals surface area contributed by atoms with Gasteiger partial charge in [0.25, 0.3) is 5.91 Å². The van der Waals surface area contributed by atoms with Gasteiger partial charge < -0.3 is 44.7 Å². The molecular weight excluding hydrogens is 965 g/mol. The van der Waals surface area contributed by atoms with Gasteiger partial charge in [0.2, 0.25) is 29.6 Å². The molecule has 22 heteroatoms. The molecule has 20 nitrogen and oxygen atoms in total. The van der Waals surface area contributed by atoms with Crippen LogP contribution < -0.4 is 20.9 Å². The van der Waals surface area contributed by atoms with Gasteiger partial charge in [0.1, 0.15) is 29.9 Å². The van der Waals surface area contributed by atoms with E-state index in [9.17, 15) is 29.1 Å². The van der Waals surface area contributed by atoms with Crippen molar-refractivity contribution >= 4 is 80.3 Å². The topological polar surface area (TPSA) is 236 Å². The van der Waals surface area contributed by atoms with Crippen LogP contribution in [0.2, 0.25) is 5.02 Å². The van der Waals surface area contributed by atoms with E-state index in [-0.39, 0.29) is 97.2 Å². The molecule has 2 aromatic heterocycles. The first kappa shape index (κ1) is 50.4. The number of halogens is 2. The van der Waals surface area contributed by atoms with Gasteiger partial charge in [-0.15, -0.1) is 5.10 Å². The van der Waals surface area contributed by atoms with Crippen LogP contribution in [0.1, 0.15) is 47.3 Å². The molecule has 73 heavy (non-hydrogen) atoms. The molecule has 0 spiro atoms. The molecule has 6 aromatic rings. The summed E-state index contributed by atoms with van der Waals surface area (Å²) in [6.45, 7) is 7.38. The standard InChI is InChI=1S/C51H53ClFN11O9/c1-2-44(68)61-16-18-62(19-17-61)48-37-27-39(52)45(36-26-33(65)25-31-7-3-4-9-34(31)36)46(53)47(37)57-51(58-48)54-15-6-8-32-28-63(60-59-32)30-73-24-23-72-22-21-71-20-14-43(67)55-40-11-5-10-35-38(40)29-64(50(35)70)41-12-13-42(66)56-49(41)69/h2-5,7,9-11,25-28,41,65H,1,6,8,12-24,29-30H2,(H,55,67)(H,54,57,58)(H,56,66,69). The summed E-state index contributed by atoms with van der Waals surface area (Å²) in [7, 11) is 0. The van der Waals surface area contributed by atoms with Gasteiger partial charge in [-0.05, 0) is 72.0 Å². The second-order valence-electron chi connectivity index (χ2n) is 17.6. The summed E-state index contributed by atoms with van der Waals surface area (Å²) >= 11 is 6.88. The predicted molar refractivity (Wildman–Crippen MR) is 268 cm³/mol. The number of piperazine rings is 1. The number of carbonyl (C=O) groups excluding carboxylic acids is 5. The van der Waals surface area contributed by atoms with E-state index in [2.05, 4.69) is 37.8 Å². The summed E-state index contributed by atoms with van der Waals surface area (Å²) in [4.78, 5) is 76.8. The number of rotatable bonds is 21. The maximum Gasteiger partial charge on any atom is 0.255 e. The highest BCUT2D eigenvalue weighted by atomic mass is 35.5. The van der Waals surface area contributed by atoms with Gasteiger partial charge in [0, 0.05) is 73.5 Å². The summed E-state index contributed by atoms with van der Waals surface area (Å²) < 4.78 is 35.4. The summed E-state index contributed by atoms with van der Waals surface area (Å²) in [6.07, 6.45) is 4.74. The lowest BCUT2D eigenvalue weighted by Gasteiger charge is -2.35. The third-order valence-corrected chi connectivity index (χ3v) is 13.1. The van der Waals surface area contributed by atoms with Crippen molar-refractivity contribution in [2.75, 3.05) is 81.3 Å². The first-order valence-corrected chi connectivity index (χ1v) is 24.3. The van der Waals surface area contributed by atoms with Gasteiger partial charge in [0.05, 0.1) is 56.4 Å². The number of aromatic nitrogens is 5. The number of imide groups is 1. The van der Waals surface area contributed by atoms with E-state index < -0.39 is 17.8 Å². The average Bonchev–Trinajstić information content (AvgIpc) is 3.99. The number of amides is 5. The summed E-state index contributed by atoms with van der Waals surface area (Å²) in [5, 5.41) is 29.4. The second-order valence-corrected chi connectivity index (χ2v) is 18.0. The van der Waals surface area contributed by atoms with E-state index in [4.69, 9.17) is 30.8 Å². The van der Waals surface area contributed by atoms with Gasteiger partial charge >= 0.3 is 0 Å². The van der Waals surface area contributed by atoms with Gasteiger partial charge in [-0.3, -0.25) is 29.3 Å². The van der Waals surface area contributed by atoms with Crippen molar-refractivity contribution < 1.29 is 47.7 Å². The van der Waals surface area contributed by atoms with E-state index >= 15 is 4.39 Å². The lowest BCUT2D eigenvalue weighted by molar-refractivity contribution is -0.137. The zero-order valence-electron chi connectivity index (χ0n) is 39.8. The summed E-state index contributed by atoms with van der Waals surface area (Å²) in [5.74, 6) is -1.63. The number of fused-ring (bicyclic) bond motifs is 3. The molecule has 4 aromatic carbocycles. The fourth-order valence-electron chi connectivity index (χ4n) is 9.18. The molecule has 5 heterocycles. The number of hydrogen-bond acceptors (Lipinski definition) is 15. The zero-order valence-corrected chi connectivity index (χ0v) is 40.5. The number of aromatic hydroxyl groups is 1. The Hall–Kier alpha value is -7.59. The quantitative estimate of drug-likeness (QED) is 0.0411. The monoisotopic (exact) mass is 1020 g/mol. The number of aryl methyl sites for hydroxylation is 1. The maximum absolute atomic E-state index is 17.0. The van der Waals surface area contributed by atoms with Crippen molar-refractivity contribution in [2.24, 2.45) is 0 Å². The molecule has 0 saturated carbocycles. The number of nitrogens with one attached hydrogen (secondary N) is 3. The molecule has 3 aliphatic rings. The van der Waals surface area contributed by atoms with E-state index in [0.29, 0.717) is 104 Å². The average molecular weight is 1020 g/mol. The van der Waals surface area contributed by atoms with Crippen molar-refractivity contribution in [3.63, 3.8) is 0 Å². The van der Waals surface area contributed by atoms with E-state index in [1.807, 2.05) is 29.2 Å². The molecule has 5 amide bonds. The minimum Gasteiger partial charge on any atom is -0.508 e. The van der Waals surface area contributed by atoms with Crippen molar-refractivity contribution in [1.29, 1.82) is 0 Å². The highest BCUT2D eigenvalue weighted by Crippen LogP contribution is 2.42. The number of nitrogens with zero attached hydrogens (tertiary/aromatic N) is 8. The molecule has 380 valence electrons. The summed E-state index contributed by atoms with van der Waals surface area (Å²) in [5.41, 5.74) is 2.85. The largest absolute Gasteiger partial charge is 0.508 e. The van der Waals surface area contributed by atoms with Gasteiger partial charge in [-0.2, -0.15) is 4.98 Å². The van der Waals surface area contributed by atoms with Crippen LogP contribution in [-0.4, -0.2) is 141 Å². The Morgan fingerprint density at radius 1 is 0.932 bits per heavy atom. The SMILES string of the molecule is C=CC(=O)N1CCN(c2nc(NCCCc3cn(COCCOCCOCCC(=O)Nc4cccc5c4CN(C4CCC(=O)NC4=O)C5=O)nn3)nc3c(F)c(-c4cc(O)cc5ccccc45)c(Cl)cc23)CC1. The molecule has 2 fully saturated rings. The van der Waals surface area contributed by atoms with Gasteiger partial charge in [-0.25, -0.2) is 14.1 Å². The number of piperidine rings is 1. The first-order valence-electron chi connectivity index (χ1n) is 24.0. The third-order valence-electron chi connectivity index (χ3n) is 12.8. The van der Waals surface area contributed by atoms with Crippen LogP contribution in [0.4, 0.5) is 21.8 Å².